The third-order valence-corrected chi connectivity index (χ3v) is 6.09. The van der Waals surface area contributed by atoms with Gasteiger partial charge in [-0.2, -0.15) is 0 Å². The highest BCUT2D eigenvalue weighted by atomic mass is 16.5. The van der Waals surface area contributed by atoms with Crippen LogP contribution in [0.5, 0.6) is 5.75 Å². The van der Waals surface area contributed by atoms with Crippen molar-refractivity contribution in [3.05, 3.63) is 65.7 Å². The smallest absolute Gasteiger partial charge is 0.266 e. The fraction of sp³-hybridized carbons (Fsp3) is 0.280. The van der Waals surface area contributed by atoms with Crippen molar-refractivity contribution in [2.75, 3.05) is 36.9 Å². The van der Waals surface area contributed by atoms with Crippen LogP contribution in [0.3, 0.4) is 0 Å². The summed E-state index contributed by atoms with van der Waals surface area (Å²) >= 11 is 0. The Kier molecular flexibility index (Phi) is 5.08. The zero-order valence-electron chi connectivity index (χ0n) is 17.3. The largest absolute Gasteiger partial charge is 0.492 e. The van der Waals surface area contributed by atoms with Crippen LogP contribution in [0.25, 0.3) is 10.8 Å². The molecule has 1 saturated heterocycles. The van der Waals surface area contributed by atoms with Gasteiger partial charge in [-0.05, 0) is 73.8 Å². The molecule has 6 heteroatoms. The molecule has 158 valence electrons. The number of carbonyl (C=O) groups is 2. The second-order valence-electron chi connectivity index (χ2n) is 8.16. The van der Waals surface area contributed by atoms with Crippen molar-refractivity contribution >= 4 is 34.0 Å². The Bertz CT molecular complexity index is 1150. The Morgan fingerprint density at radius 2 is 1.61 bits per heavy atom. The van der Waals surface area contributed by atoms with E-state index in [1.807, 2.05) is 24.3 Å². The first-order chi connectivity index (χ1) is 15.1. The lowest BCUT2D eigenvalue weighted by atomic mass is 9.93. The van der Waals surface area contributed by atoms with Gasteiger partial charge in [0.1, 0.15) is 12.4 Å². The van der Waals surface area contributed by atoms with E-state index in [4.69, 9.17) is 10.5 Å². The first kappa shape index (κ1) is 19.6. The monoisotopic (exact) mass is 415 g/mol. The highest BCUT2D eigenvalue weighted by Crippen LogP contribution is 2.34. The Morgan fingerprint density at radius 1 is 0.871 bits per heavy atom. The van der Waals surface area contributed by atoms with Crippen LogP contribution in [0.1, 0.15) is 40.0 Å². The molecule has 3 aromatic rings. The highest BCUT2D eigenvalue weighted by molar-refractivity contribution is 6.36. The molecule has 0 bridgehead atoms. The summed E-state index contributed by atoms with van der Waals surface area (Å²) in [6.45, 7) is 3.81. The summed E-state index contributed by atoms with van der Waals surface area (Å²) in [5.41, 5.74) is 7.98. The summed E-state index contributed by atoms with van der Waals surface area (Å²) in [6.07, 6.45) is 3.84. The van der Waals surface area contributed by atoms with E-state index in [1.54, 1.807) is 30.3 Å². The number of benzene rings is 3. The summed E-state index contributed by atoms with van der Waals surface area (Å²) in [6, 6.07) is 16.0. The molecule has 0 radical (unpaired) electrons. The number of piperidine rings is 1. The Morgan fingerprint density at radius 3 is 2.39 bits per heavy atom. The third-order valence-electron chi connectivity index (χ3n) is 6.09. The van der Waals surface area contributed by atoms with Crippen LogP contribution in [0.4, 0.5) is 11.4 Å². The molecular formula is C25H25N3O3. The van der Waals surface area contributed by atoms with Gasteiger partial charge in [0.2, 0.25) is 0 Å². The average Bonchev–Trinajstić information content (AvgIpc) is 2.79. The van der Waals surface area contributed by atoms with E-state index in [1.165, 1.54) is 24.2 Å². The van der Waals surface area contributed by atoms with E-state index < -0.39 is 0 Å². The molecule has 0 saturated carbocycles. The van der Waals surface area contributed by atoms with Gasteiger partial charge in [0.15, 0.2) is 0 Å². The molecule has 3 aromatic carbocycles. The molecule has 2 aliphatic rings. The Labute approximate surface area is 181 Å². The fourth-order valence-corrected chi connectivity index (χ4v) is 4.53. The summed E-state index contributed by atoms with van der Waals surface area (Å²) in [7, 11) is 0. The van der Waals surface area contributed by atoms with Gasteiger partial charge < -0.3 is 10.5 Å². The SMILES string of the molecule is Nc1cc2c3c(cccc3c1)C(=O)N(c1ccc(OCCN3CCCCC3)cc1)C2=O. The van der Waals surface area contributed by atoms with Gasteiger partial charge in [-0.3, -0.25) is 14.5 Å². The topological polar surface area (TPSA) is 75.9 Å². The van der Waals surface area contributed by atoms with Crippen LogP contribution in [0.2, 0.25) is 0 Å². The number of hydrogen-bond acceptors (Lipinski definition) is 5. The minimum absolute atomic E-state index is 0.327. The summed E-state index contributed by atoms with van der Waals surface area (Å²) in [5, 5.41) is 1.46. The molecule has 0 aliphatic carbocycles. The van der Waals surface area contributed by atoms with Crippen molar-refractivity contribution in [3.63, 3.8) is 0 Å². The zero-order chi connectivity index (χ0) is 21.4. The summed E-state index contributed by atoms with van der Waals surface area (Å²) in [4.78, 5) is 30.0. The quantitative estimate of drug-likeness (QED) is 0.502. The highest BCUT2D eigenvalue weighted by Gasteiger charge is 2.34. The van der Waals surface area contributed by atoms with Crippen molar-refractivity contribution < 1.29 is 14.3 Å². The molecule has 0 aromatic heterocycles. The number of hydrogen-bond donors (Lipinski definition) is 1. The molecule has 2 amide bonds. The molecular weight excluding hydrogens is 390 g/mol. The van der Waals surface area contributed by atoms with E-state index in [2.05, 4.69) is 4.90 Å². The lowest BCUT2D eigenvalue weighted by Gasteiger charge is -2.28. The summed E-state index contributed by atoms with van der Waals surface area (Å²) in [5.74, 6) is 0.0378. The molecule has 1 fully saturated rings. The van der Waals surface area contributed by atoms with Crippen LogP contribution in [0.15, 0.2) is 54.6 Å². The van der Waals surface area contributed by atoms with Gasteiger partial charge in [-0.25, -0.2) is 4.90 Å². The fourth-order valence-electron chi connectivity index (χ4n) is 4.53. The lowest BCUT2D eigenvalue weighted by molar-refractivity contribution is 0.0893. The first-order valence-electron chi connectivity index (χ1n) is 10.8. The van der Waals surface area contributed by atoms with Gasteiger partial charge >= 0.3 is 0 Å². The maximum Gasteiger partial charge on any atom is 0.266 e. The second-order valence-corrected chi connectivity index (χ2v) is 8.16. The molecule has 0 atom stereocenters. The van der Waals surface area contributed by atoms with Gasteiger partial charge in [-0.1, -0.05) is 18.6 Å². The normalized spacial score (nSPS) is 16.7. The van der Waals surface area contributed by atoms with Crippen molar-refractivity contribution in [1.82, 2.24) is 4.90 Å². The van der Waals surface area contributed by atoms with Gasteiger partial charge in [0.05, 0.1) is 11.3 Å². The van der Waals surface area contributed by atoms with Gasteiger partial charge in [0, 0.05) is 23.2 Å². The second kappa shape index (κ2) is 8.04. The Balaban J connectivity index is 1.35. The third kappa shape index (κ3) is 3.64. The van der Waals surface area contributed by atoms with E-state index in [0.29, 0.717) is 34.5 Å². The van der Waals surface area contributed by atoms with Crippen molar-refractivity contribution in [2.45, 2.75) is 19.3 Å². The summed E-state index contributed by atoms with van der Waals surface area (Å²) < 4.78 is 5.88. The van der Waals surface area contributed by atoms with E-state index in [0.717, 1.165) is 30.8 Å². The number of rotatable bonds is 5. The number of imide groups is 1. The average molecular weight is 415 g/mol. The number of amides is 2. The number of ether oxygens (including phenoxy) is 1. The van der Waals surface area contributed by atoms with Crippen LogP contribution < -0.4 is 15.4 Å². The van der Waals surface area contributed by atoms with Gasteiger partial charge in [-0.15, -0.1) is 0 Å². The Hall–Kier alpha value is -3.38. The van der Waals surface area contributed by atoms with Crippen molar-refractivity contribution in [3.8, 4) is 5.75 Å². The molecule has 5 rings (SSSR count). The molecule has 0 unspecified atom stereocenters. The van der Waals surface area contributed by atoms with E-state index in [-0.39, 0.29) is 11.8 Å². The number of nitrogens with two attached hydrogens (primary N) is 1. The number of nitrogen functional groups attached to an aromatic ring is 1. The predicted octanol–water partition coefficient (Wildman–Crippen LogP) is 4.09. The maximum absolute atomic E-state index is 13.2. The number of nitrogens with zero attached hydrogens (tertiary/aromatic N) is 2. The molecule has 2 aliphatic heterocycles. The maximum atomic E-state index is 13.2. The van der Waals surface area contributed by atoms with Gasteiger partial charge in [0.25, 0.3) is 11.8 Å². The molecule has 2 heterocycles. The minimum atomic E-state index is -0.361. The molecule has 6 nitrogen and oxygen atoms in total. The predicted molar refractivity (Wildman–Crippen MR) is 122 cm³/mol. The minimum Gasteiger partial charge on any atom is -0.492 e. The van der Waals surface area contributed by atoms with Crippen LogP contribution in [-0.4, -0.2) is 43.0 Å². The van der Waals surface area contributed by atoms with E-state index >= 15 is 0 Å². The zero-order valence-corrected chi connectivity index (χ0v) is 17.3. The van der Waals surface area contributed by atoms with Crippen molar-refractivity contribution in [2.24, 2.45) is 0 Å². The number of anilines is 2. The molecule has 31 heavy (non-hydrogen) atoms. The van der Waals surface area contributed by atoms with Crippen LogP contribution in [0, 0.1) is 0 Å². The lowest BCUT2D eigenvalue weighted by Crippen LogP contribution is -2.40. The van der Waals surface area contributed by atoms with Crippen molar-refractivity contribution in [1.29, 1.82) is 0 Å². The molecule has 0 spiro atoms. The van der Waals surface area contributed by atoms with Crippen LogP contribution in [-0.2, 0) is 0 Å². The standard InChI is InChI=1S/C25H25N3O3/c26-18-15-17-5-4-6-21-23(17)22(16-18)25(30)28(24(21)29)19-7-9-20(10-8-19)31-14-13-27-11-2-1-3-12-27/h4-10,15-16H,1-3,11-14,26H2. The number of carbonyl (C=O) groups excluding carboxylic acids is 2. The molecule has 2 N–H and O–H groups in total. The number of likely N-dealkylation sites (tertiary alicyclic amines) is 1. The van der Waals surface area contributed by atoms with Crippen LogP contribution >= 0.6 is 0 Å². The first-order valence-corrected chi connectivity index (χ1v) is 10.8. The van der Waals surface area contributed by atoms with E-state index in [9.17, 15) is 9.59 Å².